The molecule has 4 aliphatic rings. The van der Waals surface area contributed by atoms with Crippen LogP contribution in [0.25, 0.3) is 0 Å². The Bertz CT molecular complexity index is 2670. The van der Waals surface area contributed by atoms with E-state index in [9.17, 15) is 42.0 Å². The largest absolute Gasteiger partial charge is 0.484 e. The van der Waals surface area contributed by atoms with E-state index in [4.69, 9.17) is 14.2 Å². The van der Waals surface area contributed by atoms with Gasteiger partial charge in [0.1, 0.15) is 11.8 Å². The Kier molecular flexibility index (Phi) is 27.8. The highest BCUT2D eigenvalue weighted by Gasteiger charge is 2.44. The number of fused-ring (bicyclic) bond motifs is 3. The van der Waals surface area contributed by atoms with Crippen LogP contribution in [0, 0.1) is 17.8 Å². The second-order valence-corrected chi connectivity index (χ2v) is 28.8. The topological polar surface area (TPSA) is 282 Å². The lowest BCUT2D eigenvalue weighted by atomic mass is 9.90. The molecular formula is C60H97N11O12S3. The summed E-state index contributed by atoms with van der Waals surface area (Å²) in [5.41, 5.74) is 7.56. The number of carbonyl (C=O) groups is 7. The van der Waals surface area contributed by atoms with Crippen molar-refractivity contribution < 1.29 is 56.2 Å². The molecule has 26 heteroatoms. The number of thioether (sulfide) groups is 2. The summed E-state index contributed by atoms with van der Waals surface area (Å²) in [6.07, 6.45) is 11.8. The van der Waals surface area contributed by atoms with Crippen molar-refractivity contribution >= 4 is 74.9 Å². The first kappa shape index (κ1) is 70.1. The lowest BCUT2D eigenvalue weighted by Crippen LogP contribution is -2.56. The number of nitrogens with zero attached hydrogens (tertiary/aromatic N) is 6. The molecule has 23 nitrogen and oxygen atoms in total. The molecule has 5 N–H and O–H groups in total. The van der Waals surface area contributed by atoms with E-state index >= 15 is 0 Å². The van der Waals surface area contributed by atoms with E-state index in [-0.39, 0.29) is 61.3 Å². The van der Waals surface area contributed by atoms with Gasteiger partial charge < -0.3 is 34.6 Å². The standard InChI is InChI=1S/C60H97N11O12S3/c1-11-39(4)56(69(8)54(75)34-61-60(78)55(38(2)3)68(6)7)50(81-9)33-53(74)70-29-17-21-48(70)57(82-10)40(5)58(76)62-46(59(77)66-86(79,80)45-27-28-45)31-41-23-25-42(26-24-41)83-35-52(73)65-64-51(72)22-18-30-71-49-37-85-44-20-16-14-12-13-15-19-43(32-44)84-36-47(49)63-67-71/h23-26,38-40,43-46,48,50,55-57H,11-22,27-37H2,1-10H3,(H,61,78)(H,62,76)(H,64,72)(H,65,73)(H,66,77)/t39-,40+,43?,44?,46-,48-,50+,55?,56-,57+/m0/s1. The molecule has 3 heterocycles. The van der Waals surface area contributed by atoms with Crippen molar-refractivity contribution in [2.24, 2.45) is 17.8 Å². The highest BCUT2D eigenvalue weighted by Crippen LogP contribution is 2.38. The first-order valence-electron chi connectivity index (χ1n) is 30.9. The van der Waals surface area contributed by atoms with Gasteiger partial charge in [0.25, 0.3) is 11.8 Å². The number of nitrogens with one attached hydrogen (secondary N) is 5. The molecule has 1 aromatic carbocycles. The number of ether oxygens (including phenoxy) is 3. The van der Waals surface area contributed by atoms with Crippen molar-refractivity contribution in [1.29, 1.82) is 0 Å². The van der Waals surface area contributed by atoms with Crippen LogP contribution < -0.4 is 30.9 Å². The fourth-order valence-electron chi connectivity index (χ4n) is 12.1. The maximum Gasteiger partial charge on any atom is 0.276 e. The quantitative estimate of drug-likeness (QED) is 0.0678. The molecule has 10 atom stereocenters. The van der Waals surface area contributed by atoms with Crippen LogP contribution in [0.1, 0.15) is 154 Å². The van der Waals surface area contributed by atoms with Crippen molar-refractivity contribution in [2.75, 3.05) is 55.1 Å². The predicted molar refractivity (Wildman–Crippen MR) is 332 cm³/mol. The maximum atomic E-state index is 14.4. The Morgan fingerprint density at radius 2 is 1.47 bits per heavy atom. The highest BCUT2D eigenvalue weighted by molar-refractivity contribution is 8.00. The summed E-state index contributed by atoms with van der Waals surface area (Å²) in [4.78, 5) is 99.9. The van der Waals surface area contributed by atoms with Gasteiger partial charge in [-0.3, -0.25) is 54.0 Å². The number of methoxy groups -OCH3 is 2. The number of hydrazine groups is 1. The van der Waals surface area contributed by atoms with Crippen LogP contribution in [0.15, 0.2) is 24.3 Å². The number of sulfonamides is 1. The Morgan fingerprint density at radius 1 is 0.802 bits per heavy atom. The molecule has 6 rings (SSSR count). The fourth-order valence-corrected chi connectivity index (χ4v) is 16.3. The monoisotopic (exact) mass is 1260 g/mol. The van der Waals surface area contributed by atoms with Gasteiger partial charge in [0.05, 0.1) is 65.9 Å². The molecule has 1 aromatic heterocycles. The average Bonchev–Trinajstić information content (AvgIpc) is 2.33. The molecule has 2 aliphatic carbocycles. The number of aromatic nitrogens is 3. The number of aryl methyl sites for hydroxylation is 1. The second-order valence-electron chi connectivity index (χ2n) is 24.3. The van der Waals surface area contributed by atoms with Gasteiger partial charge in [-0.1, -0.05) is 90.5 Å². The number of hydrogen-bond donors (Lipinski definition) is 5. The summed E-state index contributed by atoms with van der Waals surface area (Å²) < 4.78 is 47.8. The van der Waals surface area contributed by atoms with Crippen LogP contribution in [-0.4, -0.2) is 187 Å². The Balaban J connectivity index is 1.00. The van der Waals surface area contributed by atoms with Crippen LogP contribution in [0.3, 0.4) is 0 Å². The number of rotatable bonds is 29. The normalized spacial score (nSPS) is 20.9. The van der Waals surface area contributed by atoms with Crippen LogP contribution in [-0.2, 0) is 77.5 Å². The summed E-state index contributed by atoms with van der Waals surface area (Å²) in [7, 11) is 4.23. The van der Waals surface area contributed by atoms with Gasteiger partial charge in [-0.05, 0) is 95.0 Å². The molecule has 1 saturated heterocycles. The SMILES string of the molecule is CC[C@H](C)[C@@H]([C@@H](CC(=O)N1CCC[C@H]1[C@H](OC)[C@@H](C)C(=O)N[C@@H](Cc1ccc(OCC(=O)NNC(=O)CCCn2nnc3c2CSC2CCCCCCCC(C2)SC3)cc1)C(=O)NS(=O)(=O)C1CC1)OC)N(C)C(=O)CNC(=O)C(C(C)C)N(C)C. The summed E-state index contributed by atoms with van der Waals surface area (Å²) in [6.45, 7) is 9.74. The van der Waals surface area contributed by atoms with Crippen LogP contribution in [0.4, 0.5) is 0 Å². The minimum absolute atomic E-state index is 0.0137. The molecule has 2 aromatic rings. The summed E-state index contributed by atoms with van der Waals surface area (Å²) in [5.74, 6) is -2.34. The number of carbonyl (C=O) groups excluding carboxylic acids is 7. The second kappa shape index (κ2) is 34.1. The van der Waals surface area contributed by atoms with E-state index in [0.717, 1.165) is 22.9 Å². The minimum Gasteiger partial charge on any atom is -0.484 e. The third kappa shape index (κ3) is 20.5. The molecule has 3 unspecified atom stereocenters. The van der Waals surface area contributed by atoms with E-state index in [1.54, 1.807) is 48.0 Å². The van der Waals surface area contributed by atoms with Gasteiger partial charge in [-0.2, -0.15) is 23.5 Å². The zero-order valence-corrected chi connectivity index (χ0v) is 54.8. The van der Waals surface area contributed by atoms with Gasteiger partial charge in [-0.15, -0.1) is 5.10 Å². The minimum atomic E-state index is -4.00. The zero-order valence-electron chi connectivity index (χ0n) is 52.3. The van der Waals surface area contributed by atoms with Gasteiger partial charge in [0.2, 0.25) is 39.6 Å². The fraction of sp³-hybridized carbons (Fsp3) is 0.750. The highest BCUT2D eigenvalue weighted by atomic mass is 32.2. The van der Waals surface area contributed by atoms with E-state index in [2.05, 4.69) is 36.5 Å². The summed E-state index contributed by atoms with van der Waals surface area (Å²) >= 11 is 4.02. The Hall–Kier alpha value is -5.02. The molecule has 2 bridgehead atoms. The van der Waals surface area contributed by atoms with Crippen molar-refractivity contribution in [3.8, 4) is 5.75 Å². The smallest absolute Gasteiger partial charge is 0.276 e. The third-order valence-electron chi connectivity index (χ3n) is 17.3. The number of likely N-dealkylation sites (tertiary alicyclic amines) is 1. The maximum absolute atomic E-state index is 14.4. The van der Waals surface area contributed by atoms with E-state index in [1.807, 2.05) is 74.9 Å². The number of benzene rings is 1. The molecule has 3 fully saturated rings. The van der Waals surface area contributed by atoms with Gasteiger partial charge >= 0.3 is 0 Å². The summed E-state index contributed by atoms with van der Waals surface area (Å²) in [6, 6.07) is 3.55. The van der Waals surface area contributed by atoms with E-state index in [1.165, 1.54) is 65.6 Å². The van der Waals surface area contributed by atoms with Crippen LogP contribution in [0.5, 0.6) is 5.75 Å². The molecule has 482 valence electrons. The van der Waals surface area contributed by atoms with Crippen molar-refractivity contribution in [3.63, 3.8) is 0 Å². The number of hydrogen-bond acceptors (Lipinski definition) is 17. The molecule has 0 spiro atoms. The third-order valence-corrected chi connectivity index (χ3v) is 21.8. The Morgan fingerprint density at radius 3 is 2.09 bits per heavy atom. The predicted octanol–water partition coefficient (Wildman–Crippen LogP) is 4.89. The molecule has 0 radical (unpaired) electrons. The van der Waals surface area contributed by atoms with Crippen molar-refractivity contribution in [3.05, 3.63) is 41.2 Å². The van der Waals surface area contributed by atoms with Crippen LogP contribution in [0.2, 0.25) is 0 Å². The molecule has 2 aliphatic heterocycles. The summed E-state index contributed by atoms with van der Waals surface area (Å²) in [5, 5.41) is 15.1. The first-order valence-corrected chi connectivity index (χ1v) is 34.5. The van der Waals surface area contributed by atoms with E-state index < -0.39 is 81.9 Å². The molecule has 2 saturated carbocycles. The molecular weight excluding hydrogens is 1160 g/mol. The van der Waals surface area contributed by atoms with Gasteiger partial charge in [-0.25, -0.2) is 13.1 Å². The lowest BCUT2D eigenvalue weighted by molar-refractivity contribution is -0.146. The van der Waals surface area contributed by atoms with E-state index in [0.29, 0.717) is 73.4 Å². The van der Waals surface area contributed by atoms with Gasteiger partial charge in [0, 0.05) is 69.2 Å². The molecule has 86 heavy (non-hydrogen) atoms. The zero-order chi connectivity index (χ0) is 62.7. The number of amides is 7. The average molecular weight is 1260 g/mol. The molecule has 7 amide bonds. The Labute approximate surface area is 518 Å². The van der Waals surface area contributed by atoms with Crippen LogP contribution >= 0.6 is 23.5 Å². The van der Waals surface area contributed by atoms with Crippen molar-refractivity contribution in [2.45, 2.75) is 214 Å². The first-order chi connectivity index (χ1) is 41.0. The van der Waals surface area contributed by atoms with Gasteiger partial charge in [0.15, 0.2) is 6.61 Å². The number of likely N-dealkylation sites (N-methyl/N-ethyl adjacent to an activating group) is 2. The van der Waals surface area contributed by atoms with Crippen molar-refractivity contribution in [1.82, 2.24) is 55.9 Å². The lowest BCUT2D eigenvalue weighted by Gasteiger charge is -2.39.